The number of furan rings is 1. The topological polar surface area (TPSA) is 105 Å². The first-order valence-electron chi connectivity index (χ1n) is 7.02. The van der Waals surface area contributed by atoms with Crippen LogP contribution in [-0.4, -0.2) is 4.98 Å². The quantitative estimate of drug-likeness (QED) is 0.903. The van der Waals surface area contributed by atoms with Gasteiger partial charge in [0, 0.05) is 11.8 Å². The summed E-state index contributed by atoms with van der Waals surface area (Å²) in [6, 6.07) is 7.19. The first-order chi connectivity index (χ1) is 10.7. The van der Waals surface area contributed by atoms with E-state index in [9.17, 15) is 10.1 Å². The average molecular weight is 297 g/mol. The molecule has 3 rings (SSSR count). The molecule has 6 nitrogen and oxygen atoms in total. The minimum absolute atomic E-state index is 0.00412. The largest absolute Gasteiger partial charge is 0.468 e. The van der Waals surface area contributed by atoms with Crippen molar-refractivity contribution in [1.82, 2.24) is 4.98 Å². The molecule has 22 heavy (non-hydrogen) atoms. The number of nitrogens with one attached hydrogen (secondary N) is 1. The molecule has 112 valence electrons. The summed E-state index contributed by atoms with van der Waals surface area (Å²) in [5, 5.41) is 9.36. The Morgan fingerprint density at radius 2 is 2.32 bits per heavy atom. The molecule has 2 aromatic rings. The Hall–Kier alpha value is -2.94. The second-order valence-corrected chi connectivity index (χ2v) is 5.09. The van der Waals surface area contributed by atoms with Crippen molar-refractivity contribution in [3.05, 3.63) is 63.3 Å². The van der Waals surface area contributed by atoms with E-state index in [2.05, 4.69) is 4.98 Å². The number of fused-ring (bicyclic) bond motifs is 1. The lowest BCUT2D eigenvalue weighted by atomic mass is 9.88. The summed E-state index contributed by atoms with van der Waals surface area (Å²) in [5.41, 5.74) is 6.87. The number of hydrogen-bond acceptors (Lipinski definition) is 5. The van der Waals surface area contributed by atoms with E-state index in [0.29, 0.717) is 17.1 Å². The molecule has 3 N–H and O–H groups in total. The van der Waals surface area contributed by atoms with Crippen molar-refractivity contribution in [2.24, 2.45) is 5.73 Å². The molecule has 6 heteroatoms. The lowest BCUT2D eigenvalue weighted by Crippen LogP contribution is -2.28. The number of ether oxygens (including phenoxy) is 1. The fourth-order valence-electron chi connectivity index (χ4n) is 2.68. The van der Waals surface area contributed by atoms with Gasteiger partial charge in [0.05, 0.1) is 17.7 Å². The van der Waals surface area contributed by atoms with Gasteiger partial charge >= 0.3 is 0 Å². The zero-order chi connectivity index (χ0) is 15.7. The summed E-state index contributed by atoms with van der Waals surface area (Å²) < 4.78 is 10.9. The van der Waals surface area contributed by atoms with E-state index in [-0.39, 0.29) is 17.0 Å². The third-order valence-corrected chi connectivity index (χ3v) is 3.62. The van der Waals surface area contributed by atoms with E-state index in [0.717, 1.165) is 18.5 Å². The molecule has 0 aromatic carbocycles. The molecule has 0 fully saturated rings. The van der Waals surface area contributed by atoms with Crippen LogP contribution in [0.25, 0.3) is 0 Å². The smallest absolute Gasteiger partial charge is 0.256 e. The van der Waals surface area contributed by atoms with Crippen molar-refractivity contribution in [2.45, 2.75) is 25.7 Å². The normalized spacial score (nSPS) is 16.8. The SMILES string of the molecule is CCCc1cc2c(c(=O)[nH]1)C(c1ccco1)C(C#N)=C(N)O2. The second kappa shape index (κ2) is 5.45. The molecule has 0 saturated carbocycles. The van der Waals surface area contributed by atoms with Crippen molar-refractivity contribution in [3.8, 4) is 11.8 Å². The van der Waals surface area contributed by atoms with Crippen molar-refractivity contribution in [3.63, 3.8) is 0 Å². The minimum atomic E-state index is -0.650. The van der Waals surface area contributed by atoms with Crippen molar-refractivity contribution < 1.29 is 9.15 Å². The van der Waals surface area contributed by atoms with Crippen LogP contribution in [0.15, 0.2) is 45.1 Å². The Balaban J connectivity index is 2.23. The molecular formula is C16H15N3O3. The van der Waals surface area contributed by atoms with Gasteiger partial charge in [-0.15, -0.1) is 0 Å². The first-order valence-corrected chi connectivity index (χ1v) is 7.02. The molecule has 2 aromatic heterocycles. The first kappa shape index (κ1) is 14.0. The Labute approximate surface area is 126 Å². The molecule has 1 atom stereocenters. The lowest BCUT2D eigenvalue weighted by molar-refractivity contribution is 0.381. The maximum absolute atomic E-state index is 12.5. The molecule has 1 aliphatic rings. The van der Waals surface area contributed by atoms with Gasteiger partial charge in [-0.3, -0.25) is 4.79 Å². The monoisotopic (exact) mass is 297 g/mol. The number of aryl methyl sites for hydroxylation is 1. The van der Waals surface area contributed by atoms with Gasteiger partial charge in [-0.2, -0.15) is 5.26 Å². The number of hydrogen-bond donors (Lipinski definition) is 2. The second-order valence-electron chi connectivity index (χ2n) is 5.09. The molecule has 0 aliphatic carbocycles. The highest BCUT2D eigenvalue weighted by molar-refractivity contribution is 5.53. The summed E-state index contributed by atoms with van der Waals surface area (Å²) in [6.07, 6.45) is 3.12. The van der Waals surface area contributed by atoms with E-state index in [1.54, 1.807) is 18.2 Å². The van der Waals surface area contributed by atoms with E-state index < -0.39 is 5.92 Å². The summed E-state index contributed by atoms with van der Waals surface area (Å²) in [7, 11) is 0. The van der Waals surface area contributed by atoms with E-state index in [4.69, 9.17) is 14.9 Å². The molecule has 0 amide bonds. The maximum atomic E-state index is 12.5. The summed E-state index contributed by atoms with van der Waals surface area (Å²) in [4.78, 5) is 15.3. The van der Waals surface area contributed by atoms with Crippen molar-refractivity contribution in [2.75, 3.05) is 0 Å². The van der Waals surface area contributed by atoms with Crippen LogP contribution in [0.5, 0.6) is 5.75 Å². The number of aromatic amines is 1. The van der Waals surface area contributed by atoms with Crippen LogP contribution in [0.1, 0.15) is 36.3 Å². The van der Waals surface area contributed by atoms with Crippen LogP contribution < -0.4 is 16.0 Å². The zero-order valence-corrected chi connectivity index (χ0v) is 12.1. The van der Waals surface area contributed by atoms with Crippen LogP contribution in [-0.2, 0) is 6.42 Å². The fourth-order valence-corrected chi connectivity index (χ4v) is 2.68. The van der Waals surface area contributed by atoms with Gasteiger partial charge in [-0.1, -0.05) is 13.3 Å². The van der Waals surface area contributed by atoms with Gasteiger partial charge in [-0.05, 0) is 18.6 Å². The number of aromatic nitrogens is 1. The minimum Gasteiger partial charge on any atom is -0.468 e. The molecule has 1 unspecified atom stereocenters. The summed E-state index contributed by atoms with van der Waals surface area (Å²) in [5.74, 6) is 0.218. The summed E-state index contributed by atoms with van der Waals surface area (Å²) in [6.45, 7) is 2.02. The Bertz CT molecular complexity index is 825. The maximum Gasteiger partial charge on any atom is 0.256 e. The van der Waals surface area contributed by atoms with Crippen LogP contribution in [0.3, 0.4) is 0 Å². The van der Waals surface area contributed by atoms with Crippen LogP contribution in [0, 0.1) is 11.3 Å². The van der Waals surface area contributed by atoms with Crippen LogP contribution in [0.2, 0.25) is 0 Å². The van der Waals surface area contributed by atoms with Gasteiger partial charge in [0.15, 0.2) is 0 Å². The van der Waals surface area contributed by atoms with E-state index in [1.165, 1.54) is 6.26 Å². The highest BCUT2D eigenvalue weighted by Gasteiger charge is 2.35. The molecule has 0 bridgehead atoms. The Morgan fingerprint density at radius 3 is 2.95 bits per heavy atom. The predicted molar refractivity (Wildman–Crippen MR) is 79.1 cm³/mol. The number of nitrogens with two attached hydrogens (primary N) is 1. The molecular weight excluding hydrogens is 282 g/mol. The van der Waals surface area contributed by atoms with Gasteiger partial charge < -0.3 is 19.9 Å². The molecule has 1 aliphatic heterocycles. The highest BCUT2D eigenvalue weighted by Crippen LogP contribution is 2.40. The summed E-state index contributed by atoms with van der Waals surface area (Å²) >= 11 is 0. The fraction of sp³-hybridized carbons (Fsp3) is 0.250. The van der Waals surface area contributed by atoms with Gasteiger partial charge in [0.1, 0.15) is 23.2 Å². The Kier molecular flexibility index (Phi) is 3.47. The van der Waals surface area contributed by atoms with Gasteiger partial charge in [0.25, 0.3) is 5.56 Å². The number of H-pyrrole nitrogens is 1. The van der Waals surface area contributed by atoms with Gasteiger partial charge in [-0.25, -0.2) is 0 Å². The number of rotatable bonds is 3. The van der Waals surface area contributed by atoms with Crippen molar-refractivity contribution >= 4 is 0 Å². The van der Waals surface area contributed by atoms with E-state index >= 15 is 0 Å². The van der Waals surface area contributed by atoms with Crippen LogP contribution >= 0.6 is 0 Å². The van der Waals surface area contributed by atoms with Crippen LogP contribution in [0.4, 0.5) is 0 Å². The molecule has 0 spiro atoms. The third kappa shape index (κ3) is 2.17. The molecule has 0 saturated heterocycles. The van der Waals surface area contributed by atoms with Crippen molar-refractivity contribution in [1.29, 1.82) is 5.26 Å². The highest BCUT2D eigenvalue weighted by atomic mass is 16.5. The number of nitrogens with zero attached hydrogens (tertiary/aromatic N) is 1. The number of pyridine rings is 1. The number of nitriles is 1. The number of allylic oxidation sites excluding steroid dienone is 1. The average Bonchev–Trinajstić information content (AvgIpc) is 3.00. The molecule has 0 radical (unpaired) electrons. The molecule has 3 heterocycles. The standard InChI is InChI=1S/C16H15N3O3/c1-2-4-9-7-12-14(16(20)19-9)13(11-5-3-6-21-11)10(8-17)15(18)22-12/h3,5-7,13H,2,4,18H2,1H3,(H,19,20). The Morgan fingerprint density at radius 1 is 1.50 bits per heavy atom. The van der Waals surface area contributed by atoms with Gasteiger partial charge in [0.2, 0.25) is 5.88 Å². The predicted octanol–water partition coefficient (Wildman–Crippen LogP) is 2.14. The lowest BCUT2D eigenvalue weighted by Gasteiger charge is -2.24. The zero-order valence-electron chi connectivity index (χ0n) is 12.1. The third-order valence-electron chi connectivity index (χ3n) is 3.62. The van der Waals surface area contributed by atoms with E-state index in [1.807, 2.05) is 13.0 Å².